The first-order valence-corrected chi connectivity index (χ1v) is 9.61. The van der Waals surface area contributed by atoms with E-state index in [4.69, 9.17) is 5.14 Å². The van der Waals surface area contributed by atoms with Crippen LogP contribution in [0.2, 0.25) is 0 Å². The van der Waals surface area contributed by atoms with Crippen molar-refractivity contribution in [1.82, 2.24) is 5.32 Å². The predicted molar refractivity (Wildman–Crippen MR) is 81.4 cm³/mol. The molecule has 2 atom stereocenters. The quantitative estimate of drug-likeness (QED) is 0.704. The lowest BCUT2D eigenvalue weighted by atomic mass is 9.97. The van der Waals surface area contributed by atoms with Crippen molar-refractivity contribution in [3.63, 3.8) is 0 Å². The van der Waals surface area contributed by atoms with Crippen molar-refractivity contribution in [1.29, 1.82) is 0 Å². The van der Waals surface area contributed by atoms with E-state index >= 15 is 0 Å². The summed E-state index contributed by atoms with van der Waals surface area (Å²) >= 11 is 0.783. The molecule has 114 valence electrons. The minimum Gasteiger partial charge on any atom is -0.307 e. The zero-order valence-corrected chi connectivity index (χ0v) is 13.9. The van der Waals surface area contributed by atoms with Crippen LogP contribution in [0, 0.1) is 0 Å². The lowest BCUT2D eigenvalue weighted by molar-refractivity contribution is 0.489. The van der Waals surface area contributed by atoms with E-state index in [1.807, 2.05) is 0 Å². The highest BCUT2D eigenvalue weighted by molar-refractivity contribution is 8.28. The average Bonchev–Trinajstić information content (AvgIpc) is 2.34. The molecule has 0 aliphatic carbocycles. The fourth-order valence-corrected chi connectivity index (χ4v) is 7.81. The maximum Gasteiger partial charge on any atom is 0.244 e. The molecule has 10 heteroatoms. The minimum absolute atomic E-state index is 0. The van der Waals surface area contributed by atoms with Gasteiger partial charge >= 0.3 is 0 Å². The van der Waals surface area contributed by atoms with Crippen LogP contribution in [0.1, 0.15) is 19.8 Å². The number of primary sulfonamides is 1. The van der Waals surface area contributed by atoms with Gasteiger partial charge in [-0.3, -0.25) is 0 Å². The smallest absolute Gasteiger partial charge is 0.244 e. The fraction of sp³-hybridized carbons (Fsp3) is 0.600. The molecule has 0 spiro atoms. The van der Waals surface area contributed by atoms with E-state index in [0.29, 0.717) is 19.4 Å². The zero-order chi connectivity index (χ0) is 14.1. The van der Waals surface area contributed by atoms with Gasteiger partial charge in [0.15, 0.2) is 9.84 Å². The first-order valence-electron chi connectivity index (χ1n) is 5.76. The number of nitrogens with one attached hydrogen (secondary N) is 1. The molecule has 4 aliphatic rings. The van der Waals surface area contributed by atoms with Crippen LogP contribution in [0.25, 0.3) is 0 Å². The number of rotatable bonds is 1. The number of hydrogen-bond donors (Lipinski definition) is 2. The van der Waals surface area contributed by atoms with Crippen molar-refractivity contribution in [3.8, 4) is 0 Å². The highest BCUT2D eigenvalue weighted by Crippen LogP contribution is 2.52. The molecule has 0 aromatic rings. The van der Waals surface area contributed by atoms with Crippen molar-refractivity contribution < 1.29 is 16.8 Å². The third kappa shape index (κ3) is 2.24. The van der Waals surface area contributed by atoms with Crippen molar-refractivity contribution in [2.45, 2.75) is 30.6 Å². The third-order valence-electron chi connectivity index (χ3n) is 3.81. The van der Waals surface area contributed by atoms with Crippen LogP contribution in [0.5, 0.6) is 0 Å². The van der Waals surface area contributed by atoms with E-state index in [9.17, 15) is 16.8 Å². The Kier molecular flexibility index (Phi) is 3.85. The molecule has 4 heterocycles. The van der Waals surface area contributed by atoms with Crippen LogP contribution >= 0.6 is 24.2 Å². The molecular weight excluding hydrogens is 344 g/mol. The molecule has 1 fully saturated rings. The molecule has 4 bridgehead atoms. The van der Waals surface area contributed by atoms with E-state index < -0.39 is 24.6 Å². The van der Waals surface area contributed by atoms with Crippen molar-refractivity contribution in [2.24, 2.45) is 5.14 Å². The zero-order valence-electron chi connectivity index (χ0n) is 10.6. The standard InChI is InChI=1S/C10H14N2O4S3.ClH/c1-10-3-6-5-12-7(4-10)2-8(19(11,15)16)17-9(6)18(10,13)14;/h2,7,12H,3-5H2,1H3,(H2,11,15,16);1H. The second-order valence-electron chi connectivity index (χ2n) is 5.35. The molecule has 0 aromatic heterocycles. The van der Waals surface area contributed by atoms with Gasteiger partial charge in [0, 0.05) is 12.6 Å². The Labute approximate surface area is 128 Å². The molecule has 1 saturated heterocycles. The average molecular weight is 359 g/mol. The Balaban J connectivity index is 0.00000147. The summed E-state index contributed by atoms with van der Waals surface area (Å²) in [5.74, 6) is 0. The van der Waals surface area contributed by atoms with Crippen LogP contribution in [-0.2, 0) is 19.9 Å². The summed E-state index contributed by atoms with van der Waals surface area (Å²) in [5.41, 5.74) is 0.768. The van der Waals surface area contributed by atoms with Crippen LogP contribution < -0.4 is 10.5 Å². The minimum atomic E-state index is -3.90. The lowest BCUT2D eigenvalue weighted by Gasteiger charge is -2.29. The molecule has 4 rings (SSSR count). The van der Waals surface area contributed by atoms with Gasteiger partial charge in [-0.15, -0.1) is 12.4 Å². The van der Waals surface area contributed by atoms with Crippen LogP contribution in [0.15, 0.2) is 20.1 Å². The molecule has 6 nitrogen and oxygen atoms in total. The summed E-state index contributed by atoms with van der Waals surface area (Å²) < 4.78 is 47.5. The van der Waals surface area contributed by atoms with Crippen molar-refractivity contribution >= 4 is 44.0 Å². The molecule has 0 saturated carbocycles. The maximum atomic E-state index is 12.6. The van der Waals surface area contributed by atoms with E-state index in [1.54, 1.807) is 6.92 Å². The fourth-order valence-electron chi connectivity index (χ4n) is 2.83. The number of halogens is 1. The molecular formula is C10H15ClN2O4S3. The number of sulfonamides is 1. The number of hydrogen-bond acceptors (Lipinski definition) is 6. The van der Waals surface area contributed by atoms with E-state index in [-0.39, 0.29) is 26.9 Å². The predicted octanol–water partition coefficient (Wildman–Crippen LogP) is 0.436. The summed E-state index contributed by atoms with van der Waals surface area (Å²) in [4.78, 5) is 0. The molecule has 20 heavy (non-hydrogen) atoms. The first-order chi connectivity index (χ1) is 8.63. The highest BCUT2D eigenvalue weighted by atomic mass is 35.5. The second-order valence-corrected chi connectivity index (χ2v) is 10.8. The number of nitrogens with two attached hydrogens (primary N) is 1. The number of fused-ring (bicyclic) bond motifs is 2. The SMILES string of the molecule is CC12CC3=C(SC(S(N)(=O)=O)=CC(C1)NC3)S2(=O)=O.Cl. The normalized spacial score (nSPS) is 35.1. The summed E-state index contributed by atoms with van der Waals surface area (Å²) in [6.07, 6.45) is 2.36. The van der Waals surface area contributed by atoms with Crippen LogP contribution in [-0.4, -0.2) is 34.2 Å². The van der Waals surface area contributed by atoms with E-state index in [0.717, 1.165) is 17.3 Å². The summed E-state index contributed by atoms with van der Waals surface area (Å²) in [6, 6.07) is -0.292. The highest BCUT2D eigenvalue weighted by Gasteiger charge is 2.53. The maximum absolute atomic E-state index is 12.6. The third-order valence-corrected chi connectivity index (χ3v) is 9.56. The molecule has 4 aliphatic heterocycles. The number of sulfone groups is 1. The molecule has 0 aromatic carbocycles. The van der Waals surface area contributed by atoms with Gasteiger partial charge in [0.2, 0.25) is 10.0 Å². The molecule has 0 radical (unpaired) electrons. The Hall–Kier alpha value is -0.0600. The second kappa shape index (κ2) is 4.72. The van der Waals surface area contributed by atoms with E-state index in [2.05, 4.69) is 5.32 Å². The topological polar surface area (TPSA) is 106 Å². The van der Waals surface area contributed by atoms with Crippen molar-refractivity contribution in [2.75, 3.05) is 6.54 Å². The summed E-state index contributed by atoms with van der Waals surface area (Å²) in [6.45, 7) is 2.21. The van der Waals surface area contributed by atoms with Gasteiger partial charge in [-0.1, -0.05) is 11.8 Å². The van der Waals surface area contributed by atoms with Gasteiger partial charge in [-0.25, -0.2) is 22.0 Å². The summed E-state index contributed by atoms with van der Waals surface area (Å²) in [7, 11) is -7.37. The Bertz CT molecular complexity index is 726. The van der Waals surface area contributed by atoms with Gasteiger partial charge in [-0.2, -0.15) is 0 Å². The first kappa shape index (κ1) is 16.3. The van der Waals surface area contributed by atoms with Gasteiger partial charge in [0.1, 0.15) is 8.47 Å². The Morgan fingerprint density at radius 3 is 2.75 bits per heavy atom. The van der Waals surface area contributed by atoms with Crippen LogP contribution in [0.3, 0.4) is 0 Å². The van der Waals surface area contributed by atoms with Gasteiger partial charge in [0.05, 0.1) is 4.75 Å². The Morgan fingerprint density at radius 2 is 2.15 bits per heavy atom. The monoisotopic (exact) mass is 358 g/mol. The largest absolute Gasteiger partial charge is 0.307 e. The van der Waals surface area contributed by atoms with Crippen LogP contribution in [0.4, 0.5) is 0 Å². The number of thioether (sulfide) groups is 1. The van der Waals surface area contributed by atoms with Gasteiger partial charge in [0.25, 0.3) is 0 Å². The molecule has 2 unspecified atom stereocenters. The summed E-state index contributed by atoms with van der Waals surface area (Å²) in [5, 5.41) is 8.33. The van der Waals surface area contributed by atoms with Gasteiger partial charge in [-0.05, 0) is 31.4 Å². The molecule has 0 amide bonds. The Morgan fingerprint density at radius 1 is 1.50 bits per heavy atom. The molecule has 3 N–H and O–H groups in total. The van der Waals surface area contributed by atoms with E-state index in [1.165, 1.54) is 6.08 Å². The van der Waals surface area contributed by atoms with Gasteiger partial charge < -0.3 is 5.32 Å². The lowest BCUT2D eigenvalue weighted by Crippen LogP contribution is -2.40. The van der Waals surface area contributed by atoms with Crippen molar-refractivity contribution in [3.05, 3.63) is 20.1 Å².